The van der Waals surface area contributed by atoms with Gasteiger partial charge in [0.25, 0.3) is 15.7 Å². The monoisotopic (exact) mass is 464 g/mol. The summed E-state index contributed by atoms with van der Waals surface area (Å²) in [5, 5.41) is 16.4. The largest absolute Gasteiger partial charge is 0.295 e. The number of sulfonamides is 1. The number of halogens is 1. The van der Waals surface area contributed by atoms with Crippen molar-refractivity contribution in [2.45, 2.75) is 44.9 Å². The molecule has 2 aromatic rings. The molecule has 0 bridgehead atoms. The van der Waals surface area contributed by atoms with Crippen molar-refractivity contribution >= 4 is 44.4 Å². The van der Waals surface area contributed by atoms with Gasteiger partial charge in [-0.25, -0.2) is 8.42 Å². The molecule has 3 rings (SSSR count). The molecule has 0 amide bonds. The maximum atomic E-state index is 12.7. The molecule has 2 aromatic carbocycles. The molecule has 2 N–H and O–H groups in total. The smallest absolute Gasteiger partial charge is 0.280 e. The number of nitro groups is 1. The third kappa shape index (κ3) is 5.95. The van der Waals surface area contributed by atoms with Crippen molar-refractivity contribution < 1.29 is 13.3 Å². The summed E-state index contributed by atoms with van der Waals surface area (Å²) in [6.07, 6.45) is 2.72. The minimum Gasteiger partial charge on any atom is -0.280 e. The molecule has 8 nitrogen and oxygen atoms in total. The van der Waals surface area contributed by atoms with Gasteiger partial charge in [0.05, 0.1) is 15.5 Å². The summed E-state index contributed by atoms with van der Waals surface area (Å²) in [7, 11) is -4.04. The second-order valence-corrected chi connectivity index (χ2v) is 10.8. The number of anilines is 2. The summed E-state index contributed by atoms with van der Waals surface area (Å²) in [5.74, 6) is 0.476. The molecule has 10 heteroatoms. The molecule has 0 spiro atoms. The number of benzene rings is 2. The highest BCUT2D eigenvalue weighted by atomic mass is 35.5. The first kappa shape index (κ1) is 23.0. The van der Waals surface area contributed by atoms with E-state index in [1.807, 2.05) is 0 Å². The van der Waals surface area contributed by atoms with Gasteiger partial charge in [0.2, 0.25) is 0 Å². The fraction of sp³-hybridized carbons (Fsp3) is 0.381. The molecule has 1 atom stereocenters. The average Bonchev–Trinajstić information content (AvgIpc) is 2.64. The van der Waals surface area contributed by atoms with Gasteiger partial charge in [0, 0.05) is 16.8 Å². The summed E-state index contributed by atoms with van der Waals surface area (Å²) >= 11 is 5.89. The Morgan fingerprint density at radius 3 is 2.61 bits per heavy atom. The Hall–Kier alpha value is -2.65. The number of hydrogen-bond donors (Lipinski definition) is 2. The number of hydrazone groups is 1. The number of nitrogens with one attached hydrogen (secondary N) is 2. The highest BCUT2D eigenvalue weighted by Crippen LogP contribution is 2.37. The highest BCUT2D eigenvalue weighted by molar-refractivity contribution is 7.92. The van der Waals surface area contributed by atoms with Crippen molar-refractivity contribution in [1.82, 2.24) is 0 Å². The van der Waals surface area contributed by atoms with Crippen LogP contribution in [0.4, 0.5) is 17.1 Å². The lowest BCUT2D eigenvalue weighted by molar-refractivity contribution is -0.384. The fourth-order valence-corrected chi connectivity index (χ4v) is 5.29. The summed E-state index contributed by atoms with van der Waals surface area (Å²) < 4.78 is 27.7. The Balaban J connectivity index is 1.86. The van der Waals surface area contributed by atoms with Crippen LogP contribution in [0.2, 0.25) is 5.02 Å². The Bertz CT molecular complexity index is 1130. The highest BCUT2D eigenvalue weighted by Gasteiger charge is 2.30. The van der Waals surface area contributed by atoms with E-state index in [0.717, 1.165) is 31.0 Å². The van der Waals surface area contributed by atoms with Crippen LogP contribution < -0.4 is 10.1 Å². The maximum absolute atomic E-state index is 12.7. The predicted molar refractivity (Wildman–Crippen MR) is 123 cm³/mol. The SMILES string of the molecule is CC1CC(=NNc2ccc(S(=O)(=O)Nc3cccc(Cl)c3)cc2[N+](=O)[O-])CC(C)(C)C1. The van der Waals surface area contributed by atoms with E-state index >= 15 is 0 Å². The topological polar surface area (TPSA) is 114 Å². The van der Waals surface area contributed by atoms with Crippen molar-refractivity contribution in [2.75, 3.05) is 10.1 Å². The molecule has 0 aromatic heterocycles. The van der Waals surface area contributed by atoms with Gasteiger partial charge in [-0.1, -0.05) is 38.4 Å². The minimum absolute atomic E-state index is 0.119. The molecule has 166 valence electrons. The van der Waals surface area contributed by atoms with Gasteiger partial charge in [0.1, 0.15) is 5.69 Å². The maximum Gasteiger partial charge on any atom is 0.295 e. The first-order chi connectivity index (χ1) is 14.4. The van der Waals surface area contributed by atoms with Crippen molar-refractivity contribution in [3.8, 4) is 0 Å². The zero-order chi connectivity index (χ0) is 22.8. The van der Waals surface area contributed by atoms with E-state index in [-0.39, 0.29) is 27.4 Å². The Morgan fingerprint density at radius 2 is 1.97 bits per heavy atom. The molecule has 1 aliphatic carbocycles. The van der Waals surface area contributed by atoms with Crippen LogP contribution >= 0.6 is 11.6 Å². The van der Waals surface area contributed by atoms with E-state index in [1.165, 1.54) is 24.3 Å². The number of rotatable bonds is 6. The van der Waals surface area contributed by atoms with Crippen molar-refractivity contribution in [2.24, 2.45) is 16.4 Å². The molecule has 1 unspecified atom stereocenters. The standard InChI is InChI=1S/C21H25ClN4O4S/c1-14-9-17(13-21(2,3)12-14)23-24-19-8-7-18(11-20(19)26(27)28)31(29,30)25-16-6-4-5-15(22)10-16/h4-8,10-11,14,24-25H,9,12-13H2,1-3H3. The first-order valence-electron chi connectivity index (χ1n) is 9.83. The van der Waals surface area contributed by atoms with E-state index in [4.69, 9.17) is 11.6 Å². The van der Waals surface area contributed by atoms with Crippen LogP contribution in [-0.4, -0.2) is 19.1 Å². The van der Waals surface area contributed by atoms with Gasteiger partial charge >= 0.3 is 0 Å². The van der Waals surface area contributed by atoms with Crippen LogP contribution in [0.3, 0.4) is 0 Å². The molecule has 0 radical (unpaired) electrons. The molecule has 0 saturated heterocycles. The third-order valence-corrected chi connectivity index (χ3v) is 6.67. The average molecular weight is 465 g/mol. The number of hydrogen-bond acceptors (Lipinski definition) is 6. The summed E-state index contributed by atoms with van der Waals surface area (Å²) in [6.45, 7) is 6.51. The van der Waals surface area contributed by atoms with Gasteiger partial charge in [-0.15, -0.1) is 0 Å². The molecular formula is C21H25ClN4O4S. The van der Waals surface area contributed by atoms with E-state index in [2.05, 4.69) is 36.0 Å². The van der Waals surface area contributed by atoms with Crippen molar-refractivity contribution in [3.63, 3.8) is 0 Å². The lowest BCUT2D eigenvalue weighted by atomic mass is 9.72. The summed E-state index contributed by atoms with van der Waals surface area (Å²) in [5.41, 5.74) is 3.86. The van der Waals surface area contributed by atoms with Gasteiger partial charge < -0.3 is 0 Å². The molecule has 1 saturated carbocycles. The minimum atomic E-state index is -4.04. The zero-order valence-corrected chi connectivity index (χ0v) is 19.1. The quantitative estimate of drug-likeness (QED) is 0.422. The summed E-state index contributed by atoms with van der Waals surface area (Å²) in [6, 6.07) is 9.87. The molecule has 31 heavy (non-hydrogen) atoms. The van der Waals surface area contributed by atoms with Gasteiger partial charge in [0.15, 0.2) is 0 Å². The van der Waals surface area contributed by atoms with Crippen LogP contribution in [0.15, 0.2) is 52.5 Å². The lowest BCUT2D eigenvalue weighted by Gasteiger charge is -2.34. The molecular weight excluding hydrogens is 440 g/mol. The normalized spacial score (nSPS) is 19.7. The van der Waals surface area contributed by atoms with Crippen LogP contribution in [0.1, 0.15) is 40.0 Å². The van der Waals surface area contributed by atoms with Crippen molar-refractivity contribution in [1.29, 1.82) is 0 Å². The molecule has 0 aliphatic heterocycles. The lowest BCUT2D eigenvalue weighted by Crippen LogP contribution is -2.28. The van der Waals surface area contributed by atoms with Crippen LogP contribution in [0.25, 0.3) is 0 Å². The van der Waals surface area contributed by atoms with Crippen LogP contribution in [-0.2, 0) is 10.0 Å². The first-order valence-corrected chi connectivity index (χ1v) is 11.7. The Kier molecular flexibility index (Phi) is 6.56. The molecule has 1 aliphatic rings. The predicted octanol–water partition coefficient (Wildman–Crippen LogP) is 5.66. The third-order valence-electron chi connectivity index (χ3n) is 5.06. The number of nitro benzene ring substituents is 1. The molecule has 1 fully saturated rings. The second-order valence-electron chi connectivity index (χ2n) is 8.70. The van der Waals surface area contributed by atoms with E-state index in [0.29, 0.717) is 10.9 Å². The summed E-state index contributed by atoms with van der Waals surface area (Å²) in [4.78, 5) is 10.7. The zero-order valence-electron chi connectivity index (χ0n) is 17.6. The van der Waals surface area contributed by atoms with E-state index in [1.54, 1.807) is 12.1 Å². The van der Waals surface area contributed by atoms with E-state index in [9.17, 15) is 18.5 Å². The van der Waals surface area contributed by atoms with Crippen LogP contribution in [0, 0.1) is 21.4 Å². The van der Waals surface area contributed by atoms with Gasteiger partial charge in [-0.05, 0) is 60.9 Å². The second kappa shape index (κ2) is 8.84. The van der Waals surface area contributed by atoms with Crippen LogP contribution in [0.5, 0.6) is 0 Å². The van der Waals surface area contributed by atoms with Gasteiger partial charge in [-0.2, -0.15) is 5.10 Å². The van der Waals surface area contributed by atoms with Crippen molar-refractivity contribution in [3.05, 3.63) is 57.6 Å². The Labute approximate surface area is 186 Å². The van der Waals surface area contributed by atoms with E-state index < -0.39 is 14.9 Å². The molecule has 0 heterocycles. The Morgan fingerprint density at radius 1 is 1.23 bits per heavy atom. The van der Waals surface area contributed by atoms with Gasteiger partial charge in [-0.3, -0.25) is 20.3 Å². The fourth-order valence-electron chi connectivity index (χ4n) is 4.03. The number of nitrogens with zero attached hydrogens (tertiary/aromatic N) is 2.